The van der Waals surface area contributed by atoms with Gasteiger partial charge in [-0.1, -0.05) is 42.2 Å². The van der Waals surface area contributed by atoms with Crippen LogP contribution < -0.4 is 4.74 Å². The normalized spacial score (nSPS) is 11.2. The molecule has 0 bridgehead atoms. The van der Waals surface area contributed by atoms with E-state index in [4.69, 9.17) is 4.74 Å². The zero-order valence-corrected chi connectivity index (χ0v) is 21.3. The smallest absolute Gasteiger partial charge is 0.161 e. The molecule has 5 heteroatoms. The second-order valence-electron chi connectivity index (χ2n) is 8.92. The van der Waals surface area contributed by atoms with Crippen LogP contribution in [-0.4, -0.2) is 23.6 Å². The molecule has 3 rings (SSSR count). The number of nitrogens with zero attached hydrogens (tertiary/aromatic N) is 1. The van der Waals surface area contributed by atoms with Gasteiger partial charge in [0.1, 0.15) is 6.61 Å². The molecule has 1 aromatic heterocycles. The Morgan fingerprint density at radius 2 is 1.88 bits per heavy atom. The van der Waals surface area contributed by atoms with Gasteiger partial charge in [0.25, 0.3) is 0 Å². The summed E-state index contributed by atoms with van der Waals surface area (Å²) in [6, 6.07) is 16.0. The van der Waals surface area contributed by atoms with E-state index in [2.05, 4.69) is 79.6 Å². The summed E-state index contributed by atoms with van der Waals surface area (Å²) in [5.74, 6) is 6.95. The molecule has 0 radical (unpaired) electrons. The van der Waals surface area contributed by atoms with E-state index in [1.54, 1.807) is 17.4 Å². The Morgan fingerprint density at radius 3 is 2.61 bits per heavy atom. The van der Waals surface area contributed by atoms with E-state index < -0.39 is 0 Å². The van der Waals surface area contributed by atoms with E-state index in [1.165, 1.54) is 11.1 Å². The Bertz CT molecular complexity index is 1100. The van der Waals surface area contributed by atoms with Crippen LogP contribution in [0, 0.1) is 17.3 Å². The summed E-state index contributed by atoms with van der Waals surface area (Å²) in [5, 5.41) is 14.5. The van der Waals surface area contributed by atoms with Crippen molar-refractivity contribution in [1.82, 2.24) is 4.90 Å². The predicted octanol–water partition coefficient (Wildman–Crippen LogP) is 7.16. The fraction of sp³-hybridized carbons (Fsp3) is 0.286. The highest BCUT2D eigenvalue weighted by Crippen LogP contribution is 2.29. The van der Waals surface area contributed by atoms with Crippen LogP contribution in [0.3, 0.4) is 0 Å². The van der Waals surface area contributed by atoms with E-state index in [0.29, 0.717) is 12.4 Å². The Morgan fingerprint density at radius 1 is 1.06 bits per heavy atom. The maximum atomic E-state index is 10.3. The lowest BCUT2D eigenvalue weighted by Crippen LogP contribution is -2.17. The fourth-order valence-corrected chi connectivity index (χ4v) is 3.79. The average Bonchev–Trinajstić information content (AvgIpc) is 3.28. The van der Waals surface area contributed by atoms with Gasteiger partial charge in [-0.2, -0.15) is 11.3 Å². The highest BCUT2D eigenvalue weighted by Gasteiger charge is 2.08. The van der Waals surface area contributed by atoms with E-state index >= 15 is 0 Å². The van der Waals surface area contributed by atoms with Gasteiger partial charge in [-0.05, 0) is 91.2 Å². The Labute approximate surface area is 208 Å². The number of ether oxygens (including phenoxy) is 1. The summed E-state index contributed by atoms with van der Waals surface area (Å²) < 4.78 is 5.96. The average molecular weight is 482 g/mol. The summed E-state index contributed by atoms with van der Waals surface area (Å²) in [6.45, 7) is 8.26. The molecule has 1 heterocycles. The molecule has 0 fully saturated rings. The third-order valence-corrected chi connectivity index (χ3v) is 5.40. The molecule has 3 aromatic rings. The van der Waals surface area contributed by atoms with Gasteiger partial charge in [-0.25, -0.2) is 0 Å². The van der Waals surface area contributed by atoms with Gasteiger partial charge in [-0.3, -0.25) is 4.90 Å². The molecule has 0 amide bonds. The number of phenols is 1. The molecule has 0 atom stereocenters. The van der Waals surface area contributed by atoms with Crippen molar-refractivity contribution in [3.63, 3.8) is 0 Å². The van der Waals surface area contributed by atoms with Crippen LogP contribution in [0.5, 0.6) is 11.5 Å². The van der Waals surface area contributed by atoms with E-state index in [0.717, 1.165) is 24.2 Å². The SMILES string of the molecule is CN(CC=CC#CC(C)(C)C)Cc1ccc(O)c(OCc2cccc(-c3ccsc3)c2)c1.Cl. The van der Waals surface area contributed by atoms with Gasteiger partial charge in [0, 0.05) is 18.5 Å². The van der Waals surface area contributed by atoms with Crippen molar-refractivity contribution in [1.29, 1.82) is 0 Å². The largest absolute Gasteiger partial charge is 0.504 e. The molecule has 0 aliphatic rings. The lowest BCUT2D eigenvalue weighted by Gasteiger charge is -2.16. The van der Waals surface area contributed by atoms with Crippen molar-refractivity contribution in [3.05, 3.63) is 82.6 Å². The van der Waals surface area contributed by atoms with E-state index in [-0.39, 0.29) is 23.6 Å². The van der Waals surface area contributed by atoms with Gasteiger partial charge in [0.2, 0.25) is 0 Å². The van der Waals surface area contributed by atoms with Crippen LogP contribution in [-0.2, 0) is 13.2 Å². The third-order valence-electron chi connectivity index (χ3n) is 4.72. The van der Waals surface area contributed by atoms with Crippen molar-refractivity contribution in [2.75, 3.05) is 13.6 Å². The van der Waals surface area contributed by atoms with Gasteiger partial charge in [0.15, 0.2) is 11.5 Å². The highest BCUT2D eigenvalue weighted by molar-refractivity contribution is 7.08. The quantitative estimate of drug-likeness (QED) is 0.346. The first-order valence-electron chi connectivity index (χ1n) is 10.7. The monoisotopic (exact) mass is 481 g/mol. The number of allylic oxidation sites excluding steroid dienone is 1. The third kappa shape index (κ3) is 8.98. The zero-order valence-electron chi connectivity index (χ0n) is 19.7. The fourth-order valence-electron chi connectivity index (χ4n) is 3.13. The van der Waals surface area contributed by atoms with Crippen LogP contribution in [0.2, 0.25) is 0 Å². The summed E-state index contributed by atoms with van der Waals surface area (Å²) in [4.78, 5) is 2.19. The van der Waals surface area contributed by atoms with Gasteiger partial charge in [0.05, 0.1) is 0 Å². The standard InChI is InChI=1S/C28H31NO2S.ClH/c1-28(2,3)14-6-5-7-15-29(4)19-22-11-12-26(30)27(18-22)31-20-23-9-8-10-24(17-23)25-13-16-32-21-25;/h5,7-13,16-18,21,30H,15,19-20H2,1-4H3;1H. The molecule has 0 saturated carbocycles. The molecule has 3 nitrogen and oxygen atoms in total. The minimum Gasteiger partial charge on any atom is -0.504 e. The van der Waals surface area contributed by atoms with Crippen molar-refractivity contribution >= 4 is 23.7 Å². The number of hydrogen-bond donors (Lipinski definition) is 1. The summed E-state index contributed by atoms with van der Waals surface area (Å²) in [6.07, 6.45) is 3.98. The number of rotatable bonds is 8. The minimum absolute atomic E-state index is 0. The molecule has 0 aliphatic heterocycles. The van der Waals surface area contributed by atoms with Crippen molar-refractivity contribution in [2.45, 2.75) is 33.9 Å². The minimum atomic E-state index is 0. The number of aromatic hydroxyl groups is 1. The first-order chi connectivity index (χ1) is 15.3. The number of hydrogen-bond acceptors (Lipinski definition) is 4. The highest BCUT2D eigenvalue weighted by atomic mass is 35.5. The first kappa shape index (κ1) is 26.5. The summed E-state index contributed by atoms with van der Waals surface area (Å²) in [5.41, 5.74) is 4.55. The Balaban J connectivity index is 0.00000385. The molecule has 0 aliphatic carbocycles. The molecule has 0 unspecified atom stereocenters. The second-order valence-corrected chi connectivity index (χ2v) is 9.70. The molecule has 0 spiro atoms. The van der Waals surface area contributed by atoms with E-state index in [1.807, 2.05) is 30.3 Å². The predicted molar refractivity (Wildman–Crippen MR) is 142 cm³/mol. The molecule has 1 N–H and O–H groups in total. The van der Waals surface area contributed by atoms with Gasteiger partial charge in [-0.15, -0.1) is 12.4 Å². The van der Waals surface area contributed by atoms with Gasteiger partial charge < -0.3 is 9.84 Å². The molecular weight excluding hydrogens is 450 g/mol. The van der Waals surface area contributed by atoms with Crippen molar-refractivity contribution < 1.29 is 9.84 Å². The molecule has 2 aromatic carbocycles. The molecule has 33 heavy (non-hydrogen) atoms. The number of halogens is 1. The molecule has 0 saturated heterocycles. The van der Waals surface area contributed by atoms with Crippen LogP contribution in [0.4, 0.5) is 0 Å². The summed E-state index contributed by atoms with van der Waals surface area (Å²) in [7, 11) is 2.06. The topological polar surface area (TPSA) is 32.7 Å². The maximum Gasteiger partial charge on any atom is 0.161 e. The lowest BCUT2D eigenvalue weighted by atomic mass is 9.98. The number of likely N-dealkylation sites (N-methyl/N-ethyl adjacent to an activating group) is 1. The van der Waals surface area contributed by atoms with Crippen molar-refractivity contribution in [3.8, 4) is 34.5 Å². The second kappa shape index (κ2) is 12.5. The van der Waals surface area contributed by atoms with Crippen molar-refractivity contribution in [2.24, 2.45) is 5.41 Å². The Kier molecular flexibility index (Phi) is 10.1. The number of thiophene rings is 1. The Hall–Kier alpha value is -2.71. The first-order valence-corrected chi connectivity index (χ1v) is 11.7. The summed E-state index contributed by atoms with van der Waals surface area (Å²) >= 11 is 1.69. The van der Waals surface area contributed by atoms with E-state index in [9.17, 15) is 5.11 Å². The van der Waals surface area contributed by atoms with Crippen LogP contribution in [0.15, 0.2) is 71.4 Å². The number of benzene rings is 2. The zero-order chi connectivity index (χ0) is 23.0. The molecular formula is C28H32ClNO2S. The van der Waals surface area contributed by atoms with Gasteiger partial charge >= 0.3 is 0 Å². The lowest BCUT2D eigenvalue weighted by molar-refractivity contribution is 0.287. The molecule has 174 valence electrons. The van der Waals surface area contributed by atoms with Crippen LogP contribution in [0.25, 0.3) is 11.1 Å². The van der Waals surface area contributed by atoms with Crippen LogP contribution >= 0.6 is 23.7 Å². The number of phenolic OH excluding ortho intramolecular Hbond substituents is 1. The van der Waals surface area contributed by atoms with Crippen LogP contribution in [0.1, 0.15) is 31.9 Å². The maximum absolute atomic E-state index is 10.3.